The maximum absolute atomic E-state index is 11.6. The Morgan fingerprint density at radius 3 is 2.75 bits per heavy atom. The van der Waals surface area contributed by atoms with Gasteiger partial charge in [0, 0.05) is 6.04 Å². The summed E-state index contributed by atoms with van der Waals surface area (Å²) in [5.74, 6) is -0.463. The number of anilines is 1. The summed E-state index contributed by atoms with van der Waals surface area (Å²) in [6.45, 7) is 3.52. The van der Waals surface area contributed by atoms with Gasteiger partial charge in [-0.1, -0.05) is 0 Å². The highest BCUT2D eigenvalue weighted by atomic mass is 16.6. The Hall–Kier alpha value is -2.18. The summed E-state index contributed by atoms with van der Waals surface area (Å²) in [6, 6.07) is 1.08. The molecular weight excluding hydrogens is 212 g/mol. The van der Waals surface area contributed by atoms with Crippen LogP contribution in [0.25, 0.3) is 0 Å². The molecule has 0 aromatic carbocycles. The van der Waals surface area contributed by atoms with Crippen LogP contribution in [-0.2, 0) is 0 Å². The Balaban J connectivity index is 3.14. The van der Waals surface area contributed by atoms with E-state index in [1.165, 1.54) is 6.07 Å². The lowest BCUT2D eigenvalue weighted by atomic mass is 10.2. The van der Waals surface area contributed by atoms with Crippen molar-refractivity contribution in [2.75, 3.05) is 5.73 Å². The smallest absolute Gasteiger partial charge is 0.300 e. The van der Waals surface area contributed by atoms with Crippen molar-refractivity contribution >= 4 is 17.4 Å². The lowest BCUT2D eigenvalue weighted by Crippen LogP contribution is -2.30. The molecule has 7 nitrogen and oxygen atoms in total. The van der Waals surface area contributed by atoms with E-state index in [4.69, 9.17) is 5.73 Å². The van der Waals surface area contributed by atoms with Gasteiger partial charge in [0.05, 0.1) is 4.92 Å². The number of hydrogen-bond donors (Lipinski definition) is 2. The van der Waals surface area contributed by atoms with E-state index in [0.29, 0.717) is 0 Å². The van der Waals surface area contributed by atoms with Crippen molar-refractivity contribution in [3.8, 4) is 0 Å². The Morgan fingerprint density at radius 2 is 2.25 bits per heavy atom. The summed E-state index contributed by atoms with van der Waals surface area (Å²) in [4.78, 5) is 25.2. The largest absolute Gasteiger partial charge is 0.384 e. The highest BCUT2D eigenvalue weighted by molar-refractivity contribution is 5.98. The normalized spacial score (nSPS) is 10.2. The van der Waals surface area contributed by atoms with Gasteiger partial charge in [-0.2, -0.15) is 0 Å². The number of aromatic nitrogens is 1. The van der Waals surface area contributed by atoms with E-state index in [1.807, 2.05) is 0 Å². The average molecular weight is 224 g/mol. The highest BCUT2D eigenvalue weighted by Gasteiger charge is 2.21. The van der Waals surface area contributed by atoms with Crippen LogP contribution in [0.2, 0.25) is 0 Å². The van der Waals surface area contributed by atoms with E-state index < -0.39 is 10.8 Å². The molecule has 0 saturated heterocycles. The Bertz CT molecular complexity index is 431. The minimum absolute atomic E-state index is 0.0690. The Labute approximate surface area is 91.8 Å². The third-order valence-electron chi connectivity index (χ3n) is 1.77. The Kier molecular flexibility index (Phi) is 3.39. The maximum atomic E-state index is 11.6. The summed E-state index contributed by atoms with van der Waals surface area (Å²) in [5, 5.41) is 13.2. The quantitative estimate of drug-likeness (QED) is 0.580. The number of pyridine rings is 1. The molecule has 0 fully saturated rings. The lowest BCUT2D eigenvalue weighted by Gasteiger charge is -2.08. The van der Waals surface area contributed by atoms with Gasteiger partial charge in [0.2, 0.25) is 0 Å². The van der Waals surface area contributed by atoms with Crippen molar-refractivity contribution in [1.82, 2.24) is 10.3 Å². The van der Waals surface area contributed by atoms with E-state index in [9.17, 15) is 14.9 Å². The number of carbonyl (C=O) groups excluding carboxylic acids is 1. The van der Waals surface area contributed by atoms with Gasteiger partial charge in [-0.05, 0) is 19.9 Å². The van der Waals surface area contributed by atoms with E-state index in [-0.39, 0.29) is 23.1 Å². The zero-order valence-electron chi connectivity index (χ0n) is 8.93. The van der Waals surface area contributed by atoms with Crippen LogP contribution in [0, 0.1) is 10.1 Å². The van der Waals surface area contributed by atoms with Crippen molar-refractivity contribution < 1.29 is 9.72 Å². The molecule has 0 spiro atoms. The van der Waals surface area contributed by atoms with Crippen LogP contribution in [0.4, 0.5) is 11.5 Å². The molecule has 1 rings (SSSR count). The molecule has 0 aliphatic carbocycles. The number of amides is 1. The number of nitro groups is 1. The Morgan fingerprint density at radius 1 is 1.62 bits per heavy atom. The molecule has 3 N–H and O–H groups in total. The molecule has 0 radical (unpaired) electrons. The predicted octanol–water partition coefficient (Wildman–Crippen LogP) is 0.710. The molecular formula is C9H12N4O3. The summed E-state index contributed by atoms with van der Waals surface area (Å²) >= 11 is 0. The molecule has 86 valence electrons. The number of nitrogen functional groups attached to an aromatic ring is 1. The molecule has 0 atom stereocenters. The van der Waals surface area contributed by atoms with Crippen LogP contribution in [-0.4, -0.2) is 21.9 Å². The number of nitrogens with two attached hydrogens (primary N) is 1. The molecule has 0 saturated carbocycles. The fourth-order valence-corrected chi connectivity index (χ4v) is 1.13. The van der Waals surface area contributed by atoms with Crippen molar-refractivity contribution in [3.63, 3.8) is 0 Å². The van der Waals surface area contributed by atoms with Gasteiger partial charge >= 0.3 is 0 Å². The zero-order valence-corrected chi connectivity index (χ0v) is 8.93. The first-order valence-electron chi connectivity index (χ1n) is 4.62. The number of nitrogens with one attached hydrogen (secondary N) is 1. The lowest BCUT2D eigenvalue weighted by molar-refractivity contribution is -0.385. The number of carbonyl (C=O) groups is 1. The second-order valence-corrected chi connectivity index (χ2v) is 3.51. The van der Waals surface area contributed by atoms with Crippen LogP contribution in [0.3, 0.4) is 0 Å². The van der Waals surface area contributed by atoms with E-state index >= 15 is 0 Å². The van der Waals surface area contributed by atoms with Crippen molar-refractivity contribution in [1.29, 1.82) is 0 Å². The second-order valence-electron chi connectivity index (χ2n) is 3.51. The average Bonchev–Trinajstić information content (AvgIpc) is 2.15. The summed E-state index contributed by atoms with van der Waals surface area (Å²) < 4.78 is 0. The fourth-order valence-electron chi connectivity index (χ4n) is 1.13. The first-order valence-corrected chi connectivity index (χ1v) is 4.62. The predicted molar refractivity (Wildman–Crippen MR) is 57.9 cm³/mol. The van der Waals surface area contributed by atoms with Crippen molar-refractivity contribution in [3.05, 3.63) is 27.9 Å². The molecule has 1 heterocycles. The van der Waals surface area contributed by atoms with E-state index in [0.717, 1.165) is 6.20 Å². The van der Waals surface area contributed by atoms with Gasteiger partial charge in [-0.25, -0.2) is 4.98 Å². The SMILES string of the molecule is CC(C)NC(=O)c1cc(N)ncc1[N+](=O)[O-]. The standard InChI is InChI=1S/C9H12N4O3/c1-5(2)12-9(14)6-3-8(10)11-4-7(6)13(15)16/h3-5H,1-2H3,(H2,10,11)(H,12,14). The third kappa shape index (κ3) is 2.66. The molecule has 1 amide bonds. The van der Waals surface area contributed by atoms with E-state index in [2.05, 4.69) is 10.3 Å². The van der Waals surface area contributed by atoms with Crippen LogP contribution < -0.4 is 11.1 Å². The topological polar surface area (TPSA) is 111 Å². The molecule has 7 heteroatoms. The zero-order chi connectivity index (χ0) is 12.3. The monoisotopic (exact) mass is 224 g/mol. The number of rotatable bonds is 3. The van der Waals surface area contributed by atoms with Crippen molar-refractivity contribution in [2.24, 2.45) is 0 Å². The molecule has 0 aliphatic heterocycles. The van der Waals surface area contributed by atoms with Crippen LogP contribution in [0.5, 0.6) is 0 Å². The third-order valence-corrected chi connectivity index (χ3v) is 1.77. The van der Waals surface area contributed by atoms with Crippen LogP contribution >= 0.6 is 0 Å². The van der Waals surface area contributed by atoms with Gasteiger partial charge in [0.1, 0.15) is 17.6 Å². The number of hydrogen-bond acceptors (Lipinski definition) is 5. The first-order chi connectivity index (χ1) is 7.41. The molecule has 16 heavy (non-hydrogen) atoms. The maximum Gasteiger partial charge on any atom is 0.300 e. The molecule has 0 bridgehead atoms. The van der Waals surface area contributed by atoms with Crippen LogP contribution in [0.15, 0.2) is 12.3 Å². The molecule has 0 aliphatic rings. The minimum atomic E-state index is -0.665. The summed E-state index contributed by atoms with van der Waals surface area (Å²) in [6.07, 6.45) is 0.977. The van der Waals surface area contributed by atoms with Crippen molar-refractivity contribution in [2.45, 2.75) is 19.9 Å². The first kappa shape index (κ1) is 11.9. The van der Waals surface area contributed by atoms with Gasteiger partial charge in [-0.3, -0.25) is 14.9 Å². The molecule has 1 aromatic rings. The highest BCUT2D eigenvalue weighted by Crippen LogP contribution is 2.18. The van der Waals surface area contributed by atoms with Gasteiger partial charge in [0.25, 0.3) is 11.6 Å². The van der Waals surface area contributed by atoms with Crippen LogP contribution in [0.1, 0.15) is 24.2 Å². The van der Waals surface area contributed by atoms with Gasteiger partial charge < -0.3 is 11.1 Å². The number of nitrogens with zero attached hydrogens (tertiary/aromatic N) is 2. The molecule has 1 aromatic heterocycles. The van der Waals surface area contributed by atoms with E-state index in [1.54, 1.807) is 13.8 Å². The summed E-state index contributed by atoms with van der Waals surface area (Å²) in [7, 11) is 0. The minimum Gasteiger partial charge on any atom is -0.384 e. The van der Waals surface area contributed by atoms with Gasteiger partial charge in [-0.15, -0.1) is 0 Å². The summed E-state index contributed by atoms with van der Waals surface area (Å²) in [5.41, 5.74) is 4.95. The second kappa shape index (κ2) is 4.56. The fraction of sp³-hybridized carbons (Fsp3) is 0.333. The van der Waals surface area contributed by atoms with Gasteiger partial charge in [0.15, 0.2) is 0 Å². The molecule has 0 unspecified atom stereocenters.